The first-order valence-corrected chi connectivity index (χ1v) is 9.48. The number of carbonyl (C=O) groups excluding carboxylic acids is 2. The first kappa shape index (κ1) is 19.5. The van der Waals surface area contributed by atoms with Gasteiger partial charge in [-0.25, -0.2) is 4.79 Å². The van der Waals surface area contributed by atoms with Crippen LogP contribution in [-0.2, 0) is 11.3 Å². The molecule has 6 nitrogen and oxygen atoms in total. The summed E-state index contributed by atoms with van der Waals surface area (Å²) in [6.07, 6.45) is -0.781. The van der Waals surface area contributed by atoms with E-state index in [1.54, 1.807) is 36.4 Å². The summed E-state index contributed by atoms with van der Waals surface area (Å²) in [6.45, 7) is 0.321. The summed E-state index contributed by atoms with van der Waals surface area (Å²) < 4.78 is 22.5. The van der Waals surface area contributed by atoms with E-state index in [4.69, 9.17) is 18.9 Å². The highest BCUT2D eigenvalue weighted by Gasteiger charge is 2.28. The van der Waals surface area contributed by atoms with Crippen molar-refractivity contribution in [2.24, 2.45) is 0 Å². The molecular formula is C24H20O6. The number of ether oxygens (including phenoxy) is 4. The molecule has 0 fully saturated rings. The van der Waals surface area contributed by atoms with Crippen molar-refractivity contribution in [2.45, 2.75) is 19.3 Å². The van der Waals surface area contributed by atoms with Crippen LogP contribution in [0.1, 0.15) is 32.7 Å². The molecule has 0 aliphatic carbocycles. The van der Waals surface area contributed by atoms with E-state index in [1.807, 2.05) is 30.3 Å². The van der Waals surface area contributed by atoms with Gasteiger partial charge >= 0.3 is 5.97 Å². The highest BCUT2D eigenvalue weighted by atomic mass is 16.7. The fraction of sp³-hybridized carbons (Fsp3) is 0.167. The Kier molecular flexibility index (Phi) is 5.66. The Morgan fingerprint density at radius 3 is 2.57 bits per heavy atom. The van der Waals surface area contributed by atoms with Crippen molar-refractivity contribution in [1.29, 1.82) is 0 Å². The van der Waals surface area contributed by atoms with Crippen LogP contribution in [-0.4, -0.2) is 25.2 Å². The van der Waals surface area contributed by atoms with Gasteiger partial charge in [-0.3, -0.25) is 4.79 Å². The maximum atomic E-state index is 12.4. The number of para-hydroxylation sites is 1. The van der Waals surface area contributed by atoms with Gasteiger partial charge in [0.05, 0.1) is 24.7 Å². The first-order valence-electron chi connectivity index (χ1n) is 9.48. The third-order valence-electron chi connectivity index (χ3n) is 4.66. The maximum absolute atomic E-state index is 12.4. The number of esters is 1. The lowest BCUT2D eigenvalue weighted by molar-refractivity contribution is -0.00677. The fourth-order valence-electron chi connectivity index (χ4n) is 3.15. The van der Waals surface area contributed by atoms with Gasteiger partial charge in [-0.05, 0) is 35.9 Å². The lowest BCUT2D eigenvalue weighted by Crippen LogP contribution is -2.32. The SMILES string of the molecule is COC(=O)c1ccc(OCc2ccccc2)c(OC2CC(=O)c3ccccc3O2)c1. The van der Waals surface area contributed by atoms with E-state index in [2.05, 4.69) is 0 Å². The van der Waals surface area contributed by atoms with Crippen LogP contribution in [0.15, 0.2) is 72.8 Å². The van der Waals surface area contributed by atoms with Crippen molar-refractivity contribution in [3.05, 3.63) is 89.5 Å². The minimum Gasteiger partial charge on any atom is -0.485 e. The molecule has 0 saturated carbocycles. The van der Waals surface area contributed by atoms with Crippen LogP contribution in [0.5, 0.6) is 17.2 Å². The fourth-order valence-corrected chi connectivity index (χ4v) is 3.15. The lowest BCUT2D eigenvalue weighted by Gasteiger charge is -2.26. The Labute approximate surface area is 174 Å². The van der Waals surface area contributed by atoms with Crippen molar-refractivity contribution in [1.82, 2.24) is 0 Å². The smallest absolute Gasteiger partial charge is 0.337 e. The summed E-state index contributed by atoms with van der Waals surface area (Å²) >= 11 is 0. The second-order valence-electron chi connectivity index (χ2n) is 6.72. The van der Waals surface area contributed by atoms with Crippen LogP contribution in [0.2, 0.25) is 0 Å². The van der Waals surface area contributed by atoms with Crippen LogP contribution in [0.3, 0.4) is 0 Å². The average Bonchev–Trinajstić information content (AvgIpc) is 2.78. The van der Waals surface area contributed by atoms with E-state index in [-0.39, 0.29) is 12.2 Å². The van der Waals surface area contributed by atoms with Gasteiger partial charge in [0.15, 0.2) is 17.3 Å². The number of benzene rings is 3. The number of Topliss-reactive ketones (excluding diaryl/α,β-unsaturated/α-hetero) is 1. The van der Waals surface area contributed by atoms with Gasteiger partial charge in [0.2, 0.25) is 6.29 Å². The number of hydrogen-bond acceptors (Lipinski definition) is 6. The third kappa shape index (κ3) is 4.27. The van der Waals surface area contributed by atoms with E-state index in [9.17, 15) is 9.59 Å². The van der Waals surface area contributed by atoms with Crippen LogP contribution < -0.4 is 14.2 Å². The lowest BCUT2D eigenvalue weighted by atomic mass is 10.0. The van der Waals surface area contributed by atoms with Crippen LogP contribution in [0.25, 0.3) is 0 Å². The van der Waals surface area contributed by atoms with E-state index in [1.165, 1.54) is 13.2 Å². The second kappa shape index (κ2) is 8.69. The molecule has 6 heteroatoms. The Hall–Kier alpha value is -3.80. The summed E-state index contributed by atoms with van der Waals surface area (Å²) in [5.41, 5.74) is 1.82. The van der Waals surface area contributed by atoms with E-state index >= 15 is 0 Å². The minimum absolute atomic E-state index is 0.0532. The van der Waals surface area contributed by atoms with Crippen LogP contribution in [0.4, 0.5) is 0 Å². The predicted molar refractivity (Wildman–Crippen MR) is 109 cm³/mol. The summed E-state index contributed by atoms with van der Waals surface area (Å²) in [7, 11) is 1.31. The molecule has 0 N–H and O–H groups in total. The molecule has 1 heterocycles. The Morgan fingerprint density at radius 1 is 1.00 bits per heavy atom. The molecule has 0 aromatic heterocycles. The summed E-state index contributed by atoms with van der Waals surface area (Å²) in [5, 5.41) is 0. The molecule has 3 aromatic rings. The molecule has 1 aliphatic rings. The number of ketones is 1. The van der Waals surface area contributed by atoms with Gasteiger partial charge in [-0.1, -0.05) is 42.5 Å². The Morgan fingerprint density at radius 2 is 1.77 bits per heavy atom. The molecular weight excluding hydrogens is 384 g/mol. The average molecular weight is 404 g/mol. The van der Waals surface area contributed by atoms with Gasteiger partial charge in [0.1, 0.15) is 12.4 Å². The zero-order chi connectivity index (χ0) is 20.9. The molecule has 0 bridgehead atoms. The summed E-state index contributed by atoms with van der Waals surface area (Å²) in [5.74, 6) is 0.625. The molecule has 1 unspecified atom stereocenters. The van der Waals surface area contributed by atoms with Crippen LogP contribution >= 0.6 is 0 Å². The predicted octanol–water partition coefficient (Wildman–Crippen LogP) is 4.42. The largest absolute Gasteiger partial charge is 0.485 e. The summed E-state index contributed by atoms with van der Waals surface area (Å²) in [6, 6.07) is 21.5. The second-order valence-corrected chi connectivity index (χ2v) is 6.72. The highest BCUT2D eigenvalue weighted by Crippen LogP contribution is 2.34. The van der Waals surface area contributed by atoms with Crippen molar-refractivity contribution in [3.63, 3.8) is 0 Å². The normalized spacial score (nSPS) is 15.0. The monoisotopic (exact) mass is 404 g/mol. The molecule has 1 atom stereocenters. The number of fused-ring (bicyclic) bond motifs is 1. The molecule has 152 valence electrons. The Balaban J connectivity index is 1.58. The van der Waals surface area contributed by atoms with E-state index in [0.717, 1.165) is 5.56 Å². The van der Waals surface area contributed by atoms with Gasteiger partial charge < -0.3 is 18.9 Å². The maximum Gasteiger partial charge on any atom is 0.337 e. The molecule has 1 aliphatic heterocycles. The number of methoxy groups -OCH3 is 1. The number of carbonyl (C=O) groups is 2. The molecule has 0 saturated heterocycles. The summed E-state index contributed by atoms with van der Waals surface area (Å²) in [4.78, 5) is 24.4. The minimum atomic E-state index is -0.834. The topological polar surface area (TPSA) is 71.1 Å². The van der Waals surface area contributed by atoms with Gasteiger partial charge in [-0.15, -0.1) is 0 Å². The quantitative estimate of drug-likeness (QED) is 0.567. The zero-order valence-corrected chi connectivity index (χ0v) is 16.4. The molecule has 0 radical (unpaired) electrons. The molecule has 3 aromatic carbocycles. The molecule has 30 heavy (non-hydrogen) atoms. The number of hydrogen-bond donors (Lipinski definition) is 0. The van der Waals surface area contributed by atoms with Gasteiger partial charge in [0, 0.05) is 0 Å². The van der Waals surface area contributed by atoms with Crippen molar-refractivity contribution in [2.75, 3.05) is 7.11 Å². The van der Waals surface area contributed by atoms with E-state index in [0.29, 0.717) is 35.0 Å². The molecule has 0 spiro atoms. The first-order chi connectivity index (χ1) is 14.6. The standard InChI is InChI=1S/C24H20O6/c1-27-24(26)17-11-12-21(28-15-16-7-3-2-4-8-16)22(13-17)30-23-14-19(25)18-9-5-6-10-20(18)29-23/h2-13,23H,14-15H2,1H3. The van der Waals surface area contributed by atoms with Crippen molar-refractivity contribution >= 4 is 11.8 Å². The van der Waals surface area contributed by atoms with E-state index < -0.39 is 12.3 Å². The molecule has 4 rings (SSSR count). The Bertz CT molecular complexity index is 1060. The van der Waals surface area contributed by atoms with Gasteiger partial charge in [-0.2, -0.15) is 0 Å². The van der Waals surface area contributed by atoms with Crippen molar-refractivity contribution < 1.29 is 28.5 Å². The third-order valence-corrected chi connectivity index (χ3v) is 4.66. The highest BCUT2D eigenvalue weighted by molar-refractivity contribution is 5.99. The zero-order valence-electron chi connectivity index (χ0n) is 16.4. The van der Waals surface area contributed by atoms with Crippen LogP contribution in [0, 0.1) is 0 Å². The van der Waals surface area contributed by atoms with Gasteiger partial charge in [0.25, 0.3) is 0 Å². The number of rotatable bonds is 6. The molecule has 0 amide bonds. The van der Waals surface area contributed by atoms with Crippen molar-refractivity contribution in [3.8, 4) is 17.2 Å².